The van der Waals surface area contributed by atoms with Gasteiger partial charge in [-0.1, -0.05) is 44.1 Å². The fourth-order valence-electron chi connectivity index (χ4n) is 2.37. The van der Waals surface area contributed by atoms with Crippen molar-refractivity contribution in [2.24, 2.45) is 11.3 Å². The van der Waals surface area contributed by atoms with Crippen molar-refractivity contribution in [2.45, 2.75) is 41.0 Å². The van der Waals surface area contributed by atoms with Crippen LogP contribution in [0.25, 0.3) is 0 Å². The molecule has 0 saturated heterocycles. The molecular weight excluding hydrogens is 200 g/mol. The van der Waals surface area contributed by atoms with Crippen molar-refractivity contribution >= 4 is 5.97 Å². The Kier molecular flexibility index (Phi) is 3.95. The fourth-order valence-corrected chi connectivity index (χ4v) is 2.37. The number of hydrogen-bond donors (Lipinski definition) is 0. The predicted molar refractivity (Wildman–Crippen MR) is 66.0 cm³/mol. The molecule has 0 heterocycles. The summed E-state index contributed by atoms with van der Waals surface area (Å²) in [7, 11) is 0. The van der Waals surface area contributed by atoms with E-state index in [2.05, 4.69) is 39.8 Å². The molecule has 0 aromatic carbocycles. The van der Waals surface area contributed by atoms with Gasteiger partial charge in [-0.2, -0.15) is 0 Å². The van der Waals surface area contributed by atoms with Gasteiger partial charge < -0.3 is 4.74 Å². The standard InChI is InChI=1S/C14H22O2/c1-6-11-10(3)8-9-14(4,5)12(11)13(15)16-7-2/h8-9,12H,6-7H2,1-5H3. The SMILES string of the molecule is CCOC(=O)C1C(CC)=C(C)C=CC1(C)C. The molecule has 0 N–H and O–H groups in total. The summed E-state index contributed by atoms with van der Waals surface area (Å²) in [5.74, 6) is -0.213. The van der Waals surface area contributed by atoms with Crippen LogP contribution < -0.4 is 0 Å². The van der Waals surface area contributed by atoms with Crippen LogP contribution in [-0.4, -0.2) is 12.6 Å². The monoisotopic (exact) mass is 222 g/mol. The number of ether oxygens (including phenoxy) is 1. The van der Waals surface area contributed by atoms with Gasteiger partial charge in [0.15, 0.2) is 0 Å². The van der Waals surface area contributed by atoms with E-state index in [1.165, 1.54) is 11.1 Å². The van der Waals surface area contributed by atoms with Gasteiger partial charge in [0.1, 0.15) is 0 Å². The molecule has 90 valence electrons. The molecule has 2 heteroatoms. The van der Waals surface area contributed by atoms with Gasteiger partial charge in [0.05, 0.1) is 12.5 Å². The number of carbonyl (C=O) groups excluding carboxylic acids is 1. The van der Waals surface area contributed by atoms with Crippen LogP contribution in [0.15, 0.2) is 23.3 Å². The smallest absolute Gasteiger partial charge is 0.313 e. The predicted octanol–water partition coefficient (Wildman–Crippen LogP) is 3.49. The molecule has 1 atom stereocenters. The third kappa shape index (κ3) is 2.37. The summed E-state index contributed by atoms with van der Waals surface area (Å²) in [6, 6.07) is 0. The van der Waals surface area contributed by atoms with E-state index in [1.54, 1.807) is 0 Å². The summed E-state index contributed by atoms with van der Waals surface area (Å²) in [5.41, 5.74) is 2.28. The van der Waals surface area contributed by atoms with Gasteiger partial charge in [-0.25, -0.2) is 0 Å². The fraction of sp³-hybridized carbons (Fsp3) is 0.643. The Labute approximate surface area is 98.4 Å². The Hall–Kier alpha value is -1.05. The van der Waals surface area contributed by atoms with Gasteiger partial charge in [0, 0.05) is 0 Å². The number of carbonyl (C=O) groups is 1. The number of allylic oxidation sites excluding steroid dienone is 3. The van der Waals surface area contributed by atoms with Gasteiger partial charge >= 0.3 is 5.97 Å². The average molecular weight is 222 g/mol. The summed E-state index contributed by atoms with van der Waals surface area (Å²) in [6.07, 6.45) is 5.14. The highest BCUT2D eigenvalue weighted by molar-refractivity contribution is 5.78. The molecule has 16 heavy (non-hydrogen) atoms. The molecule has 1 rings (SSSR count). The van der Waals surface area contributed by atoms with Crippen molar-refractivity contribution in [1.29, 1.82) is 0 Å². The molecule has 1 unspecified atom stereocenters. The number of hydrogen-bond acceptors (Lipinski definition) is 2. The van der Waals surface area contributed by atoms with Crippen molar-refractivity contribution in [3.63, 3.8) is 0 Å². The van der Waals surface area contributed by atoms with E-state index in [1.807, 2.05) is 6.92 Å². The second-order valence-electron chi connectivity index (χ2n) is 4.90. The minimum absolute atomic E-state index is 0.0898. The summed E-state index contributed by atoms with van der Waals surface area (Å²) < 4.78 is 5.19. The maximum absolute atomic E-state index is 12.0. The lowest BCUT2D eigenvalue weighted by atomic mass is 9.69. The maximum atomic E-state index is 12.0. The van der Waals surface area contributed by atoms with Crippen LogP contribution >= 0.6 is 0 Å². The van der Waals surface area contributed by atoms with Crippen molar-refractivity contribution in [2.75, 3.05) is 6.61 Å². The Bertz CT molecular complexity index is 335. The zero-order chi connectivity index (χ0) is 12.3. The minimum Gasteiger partial charge on any atom is -0.466 e. The first-order valence-corrected chi connectivity index (χ1v) is 5.99. The van der Waals surface area contributed by atoms with E-state index in [0.29, 0.717) is 6.61 Å². The Morgan fingerprint density at radius 3 is 2.56 bits per heavy atom. The number of rotatable bonds is 3. The van der Waals surface area contributed by atoms with Gasteiger partial charge in [0.2, 0.25) is 0 Å². The van der Waals surface area contributed by atoms with E-state index in [-0.39, 0.29) is 17.3 Å². The minimum atomic E-state index is -0.142. The molecule has 2 nitrogen and oxygen atoms in total. The zero-order valence-electron chi connectivity index (χ0n) is 11.0. The number of esters is 1. The summed E-state index contributed by atoms with van der Waals surface area (Å²) in [5, 5.41) is 0. The Balaban J connectivity index is 3.09. The lowest BCUT2D eigenvalue weighted by Gasteiger charge is -2.35. The Morgan fingerprint density at radius 1 is 1.44 bits per heavy atom. The molecule has 0 radical (unpaired) electrons. The van der Waals surface area contributed by atoms with E-state index in [9.17, 15) is 4.79 Å². The topological polar surface area (TPSA) is 26.3 Å². The van der Waals surface area contributed by atoms with Crippen molar-refractivity contribution in [3.8, 4) is 0 Å². The maximum Gasteiger partial charge on any atom is 0.313 e. The third-order valence-electron chi connectivity index (χ3n) is 3.27. The summed E-state index contributed by atoms with van der Waals surface area (Å²) in [4.78, 5) is 12.0. The Morgan fingerprint density at radius 2 is 2.06 bits per heavy atom. The molecular formula is C14H22O2. The van der Waals surface area contributed by atoms with Gasteiger partial charge in [-0.15, -0.1) is 0 Å². The molecule has 1 aliphatic rings. The molecule has 0 fully saturated rings. The van der Waals surface area contributed by atoms with Crippen LogP contribution in [0.3, 0.4) is 0 Å². The average Bonchev–Trinajstić information content (AvgIpc) is 2.21. The molecule has 0 spiro atoms. The van der Waals surface area contributed by atoms with Crippen LogP contribution in [0.2, 0.25) is 0 Å². The highest BCUT2D eigenvalue weighted by atomic mass is 16.5. The molecule has 1 aliphatic carbocycles. The quantitative estimate of drug-likeness (QED) is 0.683. The highest BCUT2D eigenvalue weighted by Crippen LogP contribution is 2.41. The molecule has 0 aromatic rings. The second kappa shape index (κ2) is 4.86. The molecule has 0 aliphatic heterocycles. The van der Waals surface area contributed by atoms with Gasteiger partial charge in [-0.05, 0) is 25.7 Å². The van der Waals surface area contributed by atoms with E-state index in [0.717, 1.165) is 6.42 Å². The zero-order valence-corrected chi connectivity index (χ0v) is 11.0. The summed E-state index contributed by atoms with van der Waals surface area (Å²) in [6.45, 7) is 10.6. The van der Waals surface area contributed by atoms with E-state index >= 15 is 0 Å². The van der Waals surface area contributed by atoms with Crippen LogP contribution in [0.4, 0.5) is 0 Å². The first-order valence-electron chi connectivity index (χ1n) is 5.99. The first-order chi connectivity index (χ1) is 7.44. The molecule has 0 saturated carbocycles. The molecule has 0 aromatic heterocycles. The lowest BCUT2D eigenvalue weighted by molar-refractivity contribution is -0.149. The largest absolute Gasteiger partial charge is 0.466 e. The van der Waals surface area contributed by atoms with Gasteiger partial charge in [0.25, 0.3) is 0 Å². The first kappa shape index (κ1) is 13.0. The van der Waals surface area contributed by atoms with Crippen LogP contribution in [0, 0.1) is 11.3 Å². The van der Waals surface area contributed by atoms with Crippen LogP contribution in [-0.2, 0) is 9.53 Å². The van der Waals surface area contributed by atoms with Crippen molar-refractivity contribution < 1.29 is 9.53 Å². The highest BCUT2D eigenvalue weighted by Gasteiger charge is 2.39. The lowest BCUT2D eigenvalue weighted by Crippen LogP contribution is -2.34. The summed E-state index contributed by atoms with van der Waals surface area (Å²) >= 11 is 0. The van der Waals surface area contributed by atoms with Crippen LogP contribution in [0.5, 0.6) is 0 Å². The molecule has 0 bridgehead atoms. The van der Waals surface area contributed by atoms with Crippen LogP contribution in [0.1, 0.15) is 41.0 Å². The molecule has 0 amide bonds. The van der Waals surface area contributed by atoms with E-state index < -0.39 is 0 Å². The van der Waals surface area contributed by atoms with Crippen molar-refractivity contribution in [1.82, 2.24) is 0 Å². The van der Waals surface area contributed by atoms with Crippen molar-refractivity contribution in [3.05, 3.63) is 23.3 Å². The second-order valence-corrected chi connectivity index (χ2v) is 4.90. The third-order valence-corrected chi connectivity index (χ3v) is 3.27. The van der Waals surface area contributed by atoms with E-state index in [4.69, 9.17) is 4.74 Å². The van der Waals surface area contributed by atoms with Gasteiger partial charge in [-0.3, -0.25) is 4.79 Å². The normalized spacial score (nSPS) is 23.4.